The lowest BCUT2D eigenvalue weighted by Crippen LogP contribution is -2.43. The molecule has 0 aromatic heterocycles. The molecule has 1 amide bonds. The summed E-state index contributed by atoms with van der Waals surface area (Å²) in [5, 5.41) is 4.08. The number of amides is 1. The van der Waals surface area contributed by atoms with Crippen molar-refractivity contribution in [1.29, 1.82) is 0 Å². The van der Waals surface area contributed by atoms with Gasteiger partial charge in [-0.25, -0.2) is 0 Å². The van der Waals surface area contributed by atoms with Crippen LogP contribution in [0, 0.1) is 5.92 Å². The second-order valence-electron chi connectivity index (χ2n) is 5.83. The molecule has 110 valence electrons. The van der Waals surface area contributed by atoms with Crippen molar-refractivity contribution in [3.63, 3.8) is 0 Å². The zero-order valence-corrected chi connectivity index (χ0v) is 13.0. The number of hydrogen-bond donors (Lipinski definition) is 1. The fourth-order valence-corrected chi connectivity index (χ4v) is 2.81. The molecule has 1 aliphatic rings. The molecule has 0 spiro atoms. The zero-order chi connectivity index (χ0) is 14.5. The van der Waals surface area contributed by atoms with Gasteiger partial charge in [-0.2, -0.15) is 0 Å². The lowest BCUT2D eigenvalue weighted by Gasteiger charge is -2.33. The van der Waals surface area contributed by atoms with Crippen molar-refractivity contribution in [2.24, 2.45) is 5.92 Å². The standard InChI is InChI=1S/C16H23ClN2O/c1-12(2)18-10-13-5-4-8-19(11-13)16(20)14-6-3-7-15(17)9-14/h3,6-7,9,12-13,18H,4-5,8,10-11H2,1-2H3. The number of piperidine rings is 1. The summed E-state index contributed by atoms with van der Waals surface area (Å²) in [5.41, 5.74) is 0.690. The molecule has 0 aliphatic carbocycles. The van der Waals surface area contributed by atoms with E-state index >= 15 is 0 Å². The number of likely N-dealkylation sites (tertiary alicyclic amines) is 1. The Hall–Kier alpha value is -1.06. The zero-order valence-electron chi connectivity index (χ0n) is 12.2. The van der Waals surface area contributed by atoms with Gasteiger partial charge in [-0.1, -0.05) is 31.5 Å². The molecule has 1 fully saturated rings. The number of hydrogen-bond acceptors (Lipinski definition) is 2. The summed E-state index contributed by atoms with van der Waals surface area (Å²) < 4.78 is 0. The van der Waals surface area contributed by atoms with Gasteiger partial charge in [0.25, 0.3) is 5.91 Å². The van der Waals surface area contributed by atoms with E-state index in [-0.39, 0.29) is 5.91 Å². The minimum absolute atomic E-state index is 0.0988. The molecule has 1 aromatic rings. The first kappa shape index (κ1) is 15.3. The van der Waals surface area contributed by atoms with E-state index in [0.29, 0.717) is 22.5 Å². The minimum Gasteiger partial charge on any atom is -0.338 e. The van der Waals surface area contributed by atoms with E-state index in [4.69, 9.17) is 11.6 Å². The van der Waals surface area contributed by atoms with E-state index in [9.17, 15) is 4.79 Å². The van der Waals surface area contributed by atoms with Crippen molar-refractivity contribution in [2.75, 3.05) is 19.6 Å². The van der Waals surface area contributed by atoms with E-state index in [2.05, 4.69) is 19.2 Å². The summed E-state index contributed by atoms with van der Waals surface area (Å²) in [6.07, 6.45) is 2.27. The molecule has 0 bridgehead atoms. The average molecular weight is 295 g/mol. The molecule has 4 heteroatoms. The van der Waals surface area contributed by atoms with E-state index in [1.165, 1.54) is 6.42 Å². The highest BCUT2D eigenvalue weighted by atomic mass is 35.5. The summed E-state index contributed by atoms with van der Waals surface area (Å²) in [6.45, 7) is 6.97. The van der Waals surface area contributed by atoms with Crippen LogP contribution in [0.3, 0.4) is 0 Å². The van der Waals surface area contributed by atoms with Gasteiger partial charge in [0.2, 0.25) is 0 Å². The second-order valence-corrected chi connectivity index (χ2v) is 6.27. The fourth-order valence-electron chi connectivity index (χ4n) is 2.62. The van der Waals surface area contributed by atoms with Gasteiger partial charge in [-0.05, 0) is 43.5 Å². The van der Waals surface area contributed by atoms with Gasteiger partial charge in [-0.15, -0.1) is 0 Å². The Balaban J connectivity index is 1.96. The van der Waals surface area contributed by atoms with Gasteiger partial charge in [-0.3, -0.25) is 4.79 Å². The molecule has 1 saturated heterocycles. The predicted molar refractivity (Wildman–Crippen MR) is 83.2 cm³/mol. The number of halogens is 1. The van der Waals surface area contributed by atoms with Crippen molar-refractivity contribution in [3.8, 4) is 0 Å². The van der Waals surface area contributed by atoms with Crippen molar-refractivity contribution < 1.29 is 4.79 Å². The van der Waals surface area contributed by atoms with Crippen molar-refractivity contribution in [1.82, 2.24) is 10.2 Å². The van der Waals surface area contributed by atoms with Crippen LogP contribution in [0.5, 0.6) is 0 Å². The number of carbonyl (C=O) groups excluding carboxylic acids is 1. The number of rotatable bonds is 4. The Morgan fingerprint density at radius 3 is 3.00 bits per heavy atom. The maximum absolute atomic E-state index is 12.5. The van der Waals surface area contributed by atoms with Gasteiger partial charge < -0.3 is 10.2 Å². The number of benzene rings is 1. The first-order valence-corrected chi connectivity index (χ1v) is 7.72. The Bertz CT molecular complexity index is 462. The number of nitrogens with zero attached hydrogens (tertiary/aromatic N) is 1. The van der Waals surface area contributed by atoms with Crippen LogP contribution in [0.1, 0.15) is 37.0 Å². The normalized spacial score (nSPS) is 19.4. The van der Waals surface area contributed by atoms with Gasteiger partial charge >= 0.3 is 0 Å². The Morgan fingerprint density at radius 2 is 2.30 bits per heavy atom. The summed E-state index contributed by atoms with van der Waals surface area (Å²) in [5.74, 6) is 0.649. The lowest BCUT2D eigenvalue weighted by atomic mass is 9.97. The smallest absolute Gasteiger partial charge is 0.253 e. The van der Waals surface area contributed by atoms with Crippen LogP contribution in [0.15, 0.2) is 24.3 Å². The summed E-state index contributed by atoms with van der Waals surface area (Å²) in [7, 11) is 0. The van der Waals surface area contributed by atoms with Gasteiger partial charge in [0, 0.05) is 29.7 Å². The summed E-state index contributed by atoms with van der Waals surface area (Å²) >= 11 is 5.96. The third-order valence-electron chi connectivity index (χ3n) is 3.69. The third-order valence-corrected chi connectivity index (χ3v) is 3.93. The Kier molecular flexibility index (Phi) is 5.44. The van der Waals surface area contributed by atoms with E-state index < -0.39 is 0 Å². The van der Waals surface area contributed by atoms with Crippen LogP contribution in [-0.4, -0.2) is 36.5 Å². The highest BCUT2D eigenvalue weighted by Gasteiger charge is 2.24. The van der Waals surface area contributed by atoms with Crippen LogP contribution in [-0.2, 0) is 0 Å². The molecule has 1 N–H and O–H groups in total. The van der Waals surface area contributed by atoms with Crippen molar-refractivity contribution >= 4 is 17.5 Å². The molecular weight excluding hydrogens is 272 g/mol. The molecule has 1 unspecified atom stereocenters. The van der Waals surface area contributed by atoms with E-state index in [1.807, 2.05) is 17.0 Å². The molecule has 3 nitrogen and oxygen atoms in total. The van der Waals surface area contributed by atoms with Crippen LogP contribution < -0.4 is 5.32 Å². The lowest BCUT2D eigenvalue weighted by molar-refractivity contribution is 0.0672. The highest BCUT2D eigenvalue weighted by molar-refractivity contribution is 6.30. The molecular formula is C16H23ClN2O. The van der Waals surface area contributed by atoms with Crippen LogP contribution in [0.2, 0.25) is 5.02 Å². The largest absolute Gasteiger partial charge is 0.338 e. The van der Waals surface area contributed by atoms with E-state index in [1.54, 1.807) is 12.1 Å². The van der Waals surface area contributed by atoms with Crippen LogP contribution >= 0.6 is 11.6 Å². The van der Waals surface area contributed by atoms with Gasteiger partial charge in [0.15, 0.2) is 0 Å². The Morgan fingerprint density at radius 1 is 1.50 bits per heavy atom. The van der Waals surface area contributed by atoms with Gasteiger partial charge in [0.1, 0.15) is 0 Å². The van der Waals surface area contributed by atoms with Gasteiger partial charge in [0.05, 0.1) is 0 Å². The molecule has 1 aromatic carbocycles. The van der Waals surface area contributed by atoms with Crippen molar-refractivity contribution in [3.05, 3.63) is 34.9 Å². The molecule has 2 rings (SSSR count). The highest BCUT2D eigenvalue weighted by Crippen LogP contribution is 2.19. The predicted octanol–water partition coefficient (Wildman–Crippen LogP) is 3.19. The molecule has 1 heterocycles. The Labute approximate surface area is 126 Å². The monoisotopic (exact) mass is 294 g/mol. The molecule has 1 aliphatic heterocycles. The van der Waals surface area contributed by atoms with Crippen molar-refractivity contribution in [2.45, 2.75) is 32.7 Å². The topological polar surface area (TPSA) is 32.3 Å². The maximum atomic E-state index is 12.5. The van der Waals surface area contributed by atoms with E-state index in [0.717, 1.165) is 26.1 Å². The first-order valence-electron chi connectivity index (χ1n) is 7.34. The summed E-state index contributed by atoms with van der Waals surface area (Å²) in [4.78, 5) is 14.4. The average Bonchev–Trinajstić information content (AvgIpc) is 2.44. The quantitative estimate of drug-likeness (QED) is 0.925. The van der Waals surface area contributed by atoms with Crippen LogP contribution in [0.4, 0.5) is 0 Å². The van der Waals surface area contributed by atoms with Crippen LogP contribution in [0.25, 0.3) is 0 Å². The SMILES string of the molecule is CC(C)NCC1CCCN(C(=O)c2cccc(Cl)c2)C1. The minimum atomic E-state index is 0.0988. The fraction of sp³-hybridized carbons (Fsp3) is 0.562. The number of nitrogens with one attached hydrogen (secondary N) is 1. The second kappa shape index (κ2) is 7.09. The molecule has 1 atom stereocenters. The molecule has 20 heavy (non-hydrogen) atoms. The summed E-state index contributed by atoms with van der Waals surface area (Å²) in [6, 6.07) is 7.71. The third kappa shape index (κ3) is 4.22. The first-order chi connectivity index (χ1) is 9.56. The molecule has 0 saturated carbocycles. The number of carbonyl (C=O) groups is 1. The maximum Gasteiger partial charge on any atom is 0.253 e. The molecule has 0 radical (unpaired) electrons.